The van der Waals surface area contributed by atoms with Crippen LogP contribution in [0.2, 0.25) is 0 Å². The Morgan fingerprint density at radius 3 is 2.65 bits per heavy atom. The monoisotopic (exact) mass is 345 g/mol. The molecule has 4 nitrogen and oxygen atoms in total. The Labute approximate surface area is 144 Å². The molecule has 1 radical (unpaired) electrons. The van der Waals surface area contributed by atoms with Crippen LogP contribution in [0, 0.1) is 21.3 Å². The molecule has 0 bridgehead atoms. The minimum atomic E-state index is -0.0431. The standard InChI is InChI=1S/C14H14N2O2.CH3.Y/c1-8-14(9(2)18-16-8)10-3-4-11-7-15-13(17)6-12(11)5-10;;/h3-5H,6-7H2,1-2H3,(H,15,17);1H3;/q;-1;/p-1. The maximum atomic E-state index is 11.4. The van der Waals surface area contributed by atoms with Gasteiger partial charge in [0.05, 0.1) is 11.6 Å². The molecule has 103 valence electrons. The summed E-state index contributed by atoms with van der Waals surface area (Å²) in [6, 6.07) is 6.12. The summed E-state index contributed by atoms with van der Waals surface area (Å²) in [4.78, 5) is 11.4. The van der Waals surface area contributed by atoms with Crippen molar-refractivity contribution in [3.05, 3.63) is 53.5 Å². The Kier molecular flexibility index (Phi) is 5.66. The number of hydrogen-bond donors (Lipinski definition) is 0. The summed E-state index contributed by atoms with van der Waals surface area (Å²) in [5.74, 6) is 0.762. The van der Waals surface area contributed by atoms with Crippen LogP contribution in [0.3, 0.4) is 0 Å². The van der Waals surface area contributed by atoms with Gasteiger partial charge in [0.25, 0.3) is 0 Å². The van der Waals surface area contributed by atoms with Gasteiger partial charge in [-0.2, -0.15) is 0 Å². The summed E-state index contributed by atoms with van der Waals surface area (Å²) < 4.78 is 5.18. The van der Waals surface area contributed by atoms with E-state index in [1.54, 1.807) is 0 Å². The number of carbonyl (C=O) groups excluding carboxylic acids is 1. The zero-order valence-corrected chi connectivity index (χ0v) is 14.8. The molecule has 2 aromatic rings. The number of hydrogen-bond acceptors (Lipinski definition) is 3. The minimum absolute atomic E-state index is 0. The van der Waals surface area contributed by atoms with Crippen molar-refractivity contribution in [2.75, 3.05) is 0 Å². The molecule has 5 heteroatoms. The van der Waals surface area contributed by atoms with Crippen molar-refractivity contribution in [3.8, 4) is 11.1 Å². The molecular weight excluding hydrogens is 329 g/mol. The summed E-state index contributed by atoms with van der Waals surface area (Å²) in [7, 11) is 0. The second-order valence-electron chi connectivity index (χ2n) is 4.57. The molecule has 0 saturated heterocycles. The first-order valence-corrected chi connectivity index (χ1v) is 5.90. The fourth-order valence-electron chi connectivity index (χ4n) is 2.39. The van der Waals surface area contributed by atoms with Gasteiger partial charge in [-0.3, -0.25) is 0 Å². The molecule has 1 aliphatic heterocycles. The number of aromatic nitrogens is 1. The van der Waals surface area contributed by atoms with E-state index in [2.05, 4.69) is 16.5 Å². The van der Waals surface area contributed by atoms with Crippen molar-refractivity contribution in [2.45, 2.75) is 26.8 Å². The van der Waals surface area contributed by atoms with Gasteiger partial charge in [-0.25, -0.2) is 0 Å². The zero-order chi connectivity index (χ0) is 12.7. The van der Waals surface area contributed by atoms with Gasteiger partial charge in [0.15, 0.2) is 0 Å². The number of rotatable bonds is 1. The number of aryl methyl sites for hydroxylation is 2. The molecule has 0 atom stereocenters. The van der Waals surface area contributed by atoms with Gasteiger partial charge in [0.1, 0.15) is 5.76 Å². The third kappa shape index (κ3) is 3.02. The Morgan fingerprint density at radius 2 is 2.00 bits per heavy atom. The normalized spacial score (nSPS) is 12.8. The molecule has 1 aromatic carbocycles. The summed E-state index contributed by atoms with van der Waals surface area (Å²) in [6.45, 7) is 4.32. The van der Waals surface area contributed by atoms with Crippen molar-refractivity contribution >= 4 is 5.91 Å². The first-order valence-electron chi connectivity index (χ1n) is 5.90. The smallest absolute Gasteiger partial charge is 0.141 e. The van der Waals surface area contributed by atoms with E-state index in [9.17, 15) is 4.79 Å². The maximum absolute atomic E-state index is 11.4. The van der Waals surface area contributed by atoms with Gasteiger partial charge >= 0.3 is 0 Å². The summed E-state index contributed by atoms with van der Waals surface area (Å²) >= 11 is 0. The molecule has 1 amide bonds. The van der Waals surface area contributed by atoms with Gasteiger partial charge in [0.2, 0.25) is 0 Å². The third-order valence-electron chi connectivity index (χ3n) is 3.30. The molecule has 1 aromatic heterocycles. The van der Waals surface area contributed by atoms with Gasteiger partial charge in [0, 0.05) is 44.7 Å². The first-order chi connectivity index (χ1) is 8.65. The summed E-state index contributed by atoms with van der Waals surface area (Å²) in [6.07, 6.45) is 0.395. The Bertz CT molecular complexity index is 615. The largest absolute Gasteiger partial charge is 0.649 e. The molecule has 2 heterocycles. The maximum Gasteiger partial charge on any atom is 0.141 e. The van der Waals surface area contributed by atoms with Crippen LogP contribution >= 0.6 is 0 Å². The van der Waals surface area contributed by atoms with E-state index in [1.165, 1.54) is 0 Å². The second-order valence-corrected chi connectivity index (χ2v) is 4.57. The van der Waals surface area contributed by atoms with E-state index in [0.717, 1.165) is 33.7 Å². The SMILES string of the molecule is Cc1noc(C)c1-c1ccc2c(c1)CC(=O)[N-]C2.[CH3-].[Y]. The molecule has 0 unspecified atom stereocenters. The number of fused-ring (bicyclic) bond motifs is 1. The number of nitrogens with zero attached hydrogens (tertiary/aromatic N) is 2. The number of amides is 1. The predicted molar refractivity (Wildman–Crippen MR) is 73.6 cm³/mol. The van der Waals surface area contributed by atoms with Gasteiger partial charge in [-0.15, -0.1) is 6.54 Å². The van der Waals surface area contributed by atoms with Crippen LogP contribution in [0.5, 0.6) is 0 Å². The Hall–Kier alpha value is -0.996. The van der Waals surface area contributed by atoms with Crippen molar-refractivity contribution in [2.24, 2.45) is 0 Å². The van der Waals surface area contributed by atoms with Crippen molar-refractivity contribution in [3.63, 3.8) is 0 Å². The number of carbonyl (C=O) groups is 1. The van der Waals surface area contributed by atoms with Crippen LogP contribution in [0.15, 0.2) is 22.7 Å². The first kappa shape index (κ1) is 17.1. The van der Waals surface area contributed by atoms with Crippen molar-refractivity contribution in [1.82, 2.24) is 5.16 Å². The Morgan fingerprint density at radius 1 is 1.25 bits per heavy atom. The van der Waals surface area contributed by atoms with E-state index in [-0.39, 0.29) is 46.0 Å². The molecule has 0 spiro atoms. The topological polar surface area (TPSA) is 57.2 Å². The van der Waals surface area contributed by atoms with E-state index < -0.39 is 0 Å². The average molecular weight is 345 g/mol. The van der Waals surface area contributed by atoms with Crippen LogP contribution in [-0.2, 0) is 50.5 Å². The molecule has 20 heavy (non-hydrogen) atoms. The van der Waals surface area contributed by atoms with Gasteiger partial charge in [-0.1, -0.05) is 28.9 Å². The quantitative estimate of drug-likeness (QED) is 0.745. The third-order valence-corrected chi connectivity index (χ3v) is 3.30. The average Bonchev–Trinajstić information content (AvgIpc) is 2.68. The minimum Gasteiger partial charge on any atom is -0.649 e. The number of benzene rings is 1. The molecule has 1 aliphatic rings. The fraction of sp³-hybridized carbons (Fsp3) is 0.267. The summed E-state index contributed by atoms with van der Waals surface area (Å²) in [5.41, 5.74) is 5.14. The van der Waals surface area contributed by atoms with E-state index in [4.69, 9.17) is 4.52 Å². The van der Waals surface area contributed by atoms with Crippen LogP contribution in [0.25, 0.3) is 16.4 Å². The molecule has 0 saturated carbocycles. The van der Waals surface area contributed by atoms with E-state index >= 15 is 0 Å². The molecule has 0 fully saturated rings. The zero-order valence-electron chi connectivity index (χ0n) is 11.9. The molecule has 0 N–H and O–H groups in total. The van der Waals surface area contributed by atoms with E-state index in [0.29, 0.717) is 13.0 Å². The fourth-order valence-corrected chi connectivity index (χ4v) is 2.39. The van der Waals surface area contributed by atoms with Crippen LogP contribution in [-0.4, -0.2) is 11.1 Å². The van der Waals surface area contributed by atoms with Crippen LogP contribution < -0.4 is 0 Å². The van der Waals surface area contributed by atoms with Crippen molar-refractivity contribution < 1.29 is 42.0 Å². The summed E-state index contributed by atoms with van der Waals surface area (Å²) in [5, 5.41) is 7.89. The Balaban J connectivity index is 0.000001000. The van der Waals surface area contributed by atoms with Gasteiger partial charge in [-0.05, 0) is 25.0 Å². The van der Waals surface area contributed by atoms with Gasteiger partial charge < -0.3 is 22.1 Å². The van der Waals surface area contributed by atoms with E-state index in [1.807, 2.05) is 26.0 Å². The molecule has 0 aliphatic carbocycles. The van der Waals surface area contributed by atoms with Crippen LogP contribution in [0.1, 0.15) is 22.6 Å². The second kappa shape index (κ2) is 6.64. The van der Waals surface area contributed by atoms with Crippen LogP contribution in [0.4, 0.5) is 0 Å². The van der Waals surface area contributed by atoms with Crippen molar-refractivity contribution in [1.29, 1.82) is 0 Å². The predicted octanol–water partition coefficient (Wildman–Crippen LogP) is 3.36. The molecule has 3 rings (SSSR count). The molecular formula is C15H16N2O2Y-2.